The molecule has 2 bridgehead atoms. The molecule has 4 fully saturated rings. The number of hydrogen-bond acceptors (Lipinski definition) is 10. The van der Waals surface area contributed by atoms with E-state index in [2.05, 4.69) is 59.7 Å². The van der Waals surface area contributed by atoms with Gasteiger partial charge in [0.25, 0.3) is 0 Å². The highest BCUT2D eigenvalue weighted by atomic mass is 32.1. The minimum Gasteiger partial charge on any atom is -0.449 e. The average Bonchev–Trinajstić information content (AvgIpc) is 3.64. The summed E-state index contributed by atoms with van der Waals surface area (Å²) in [6.07, 6.45) is 6.85. The summed E-state index contributed by atoms with van der Waals surface area (Å²) in [4.78, 5) is 12.2. The van der Waals surface area contributed by atoms with E-state index in [-0.39, 0.29) is 17.2 Å². The van der Waals surface area contributed by atoms with Crippen molar-refractivity contribution in [3.05, 3.63) is 0 Å². The van der Waals surface area contributed by atoms with Crippen molar-refractivity contribution in [3.8, 4) is 11.8 Å². The van der Waals surface area contributed by atoms with Crippen LogP contribution in [0.25, 0.3) is 0 Å². The van der Waals surface area contributed by atoms with Gasteiger partial charge in [0.2, 0.25) is 0 Å². The fourth-order valence-corrected chi connectivity index (χ4v) is 6.96. The van der Waals surface area contributed by atoms with E-state index in [9.17, 15) is 4.79 Å². The summed E-state index contributed by atoms with van der Waals surface area (Å²) in [6, 6.07) is 0. The van der Waals surface area contributed by atoms with Crippen LogP contribution in [-0.2, 0) is 4.74 Å². The van der Waals surface area contributed by atoms with Gasteiger partial charge in [0, 0.05) is 104 Å². The first-order chi connectivity index (χ1) is 21.5. The van der Waals surface area contributed by atoms with Crippen LogP contribution in [0.2, 0.25) is 0 Å². The molecular formula is C31H58N10O2S. The lowest BCUT2D eigenvalue weighted by atomic mass is 9.98. The van der Waals surface area contributed by atoms with Crippen LogP contribution < -0.4 is 53.6 Å². The van der Waals surface area contributed by atoms with Gasteiger partial charge in [0.05, 0.1) is 17.7 Å². The predicted molar refractivity (Wildman–Crippen MR) is 181 cm³/mol. The van der Waals surface area contributed by atoms with Crippen LogP contribution in [0.15, 0.2) is 0 Å². The summed E-state index contributed by atoms with van der Waals surface area (Å²) in [6.45, 7) is 11.6. The van der Waals surface area contributed by atoms with Gasteiger partial charge in [-0.15, -0.1) is 11.8 Å². The molecule has 44 heavy (non-hydrogen) atoms. The van der Waals surface area contributed by atoms with Crippen molar-refractivity contribution in [2.45, 2.75) is 56.0 Å². The van der Waals surface area contributed by atoms with E-state index in [0.29, 0.717) is 36.0 Å². The molecule has 1 saturated carbocycles. The van der Waals surface area contributed by atoms with Gasteiger partial charge in [-0.25, -0.2) is 4.79 Å². The Balaban J connectivity index is 1.11. The number of nitrogens with two attached hydrogens (primary N) is 1. The van der Waals surface area contributed by atoms with E-state index in [1.807, 2.05) is 0 Å². The Kier molecular flexibility index (Phi) is 15.2. The second kappa shape index (κ2) is 19.0. The van der Waals surface area contributed by atoms with E-state index in [4.69, 9.17) is 22.7 Å². The summed E-state index contributed by atoms with van der Waals surface area (Å²) in [7, 11) is 0. The van der Waals surface area contributed by atoms with Crippen molar-refractivity contribution >= 4 is 23.4 Å². The number of alkyl carbamates (subject to hydrolysis) is 1. The Morgan fingerprint density at radius 2 is 1.23 bits per heavy atom. The van der Waals surface area contributed by atoms with E-state index < -0.39 is 0 Å². The number of thiocarbonyl (C=S) groups is 1. The molecule has 1 amide bonds. The minimum atomic E-state index is -0.329. The van der Waals surface area contributed by atoms with Crippen molar-refractivity contribution in [2.24, 2.45) is 23.5 Å². The maximum atomic E-state index is 12.2. The largest absolute Gasteiger partial charge is 0.449 e. The molecule has 0 spiro atoms. The minimum absolute atomic E-state index is 0.287. The third kappa shape index (κ3) is 12.6. The number of rotatable bonds is 9. The molecule has 5 rings (SSSR count). The normalized spacial score (nSPS) is 31.8. The molecule has 3 atom stereocenters. The summed E-state index contributed by atoms with van der Waals surface area (Å²) in [5.74, 6) is 8.38. The molecule has 3 saturated heterocycles. The lowest BCUT2D eigenvalue weighted by Gasteiger charge is -2.38. The van der Waals surface area contributed by atoms with Crippen molar-refractivity contribution in [1.29, 1.82) is 0 Å². The number of unbranched alkanes of at least 4 members (excludes halogenated alkanes) is 2. The van der Waals surface area contributed by atoms with Crippen molar-refractivity contribution in [1.82, 2.24) is 47.9 Å². The Labute approximate surface area is 270 Å². The monoisotopic (exact) mass is 634 g/mol. The van der Waals surface area contributed by atoms with Crippen LogP contribution in [0, 0.1) is 29.6 Å². The quantitative estimate of drug-likeness (QED) is 0.0839. The first-order valence-electron chi connectivity index (χ1n) is 16.9. The molecule has 12 nitrogen and oxygen atoms in total. The molecule has 0 aromatic heterocycles. The highest BCUT2D eigenvalue weighted by molar-refractivity contribution is 7.80. The van der Waals surface area contributed by atoms with Gasteiger partial charge in [0.15, 0.2) is 5.11 Å². The van der Waals surface area contributed by atoms with E-state index in [0.717, 1.165) is 130 Å². The number of amides is 1. The lowest BCUT2D eigenvalue weighted by molar-refractivity contribution is 0.137. The third-order valence-corrected chi connectivity index (χ3v) is 9.54. The standard InChI is InChI=1S/C31H58N10O2S/c32-30-19-33-12-15-36-22-31(23-37-16-13-34-20-30,24-38-17-14-35-21-30)41-28(44)39-10-6-3-7-11-40-29(42)43-18-27-25-8-4-1-2-5-9-26(25)27/h25-27,33-38H,3-24,32H2,(H,40,42)(H2,39,41,44)/t25-,26+,27?,30?,31?. The van der Waals surface area contributed by atoms with Crippen molar-refractivity contribution < 1.29 is 9.53 Å². The van der Waals surface area contributed by atoms with Crippen molar-refractivity contribution in [2.75, 3.05) is 98.2 Å². The van der Waals surface area contributed by atoms with Crippen LogP contribution in [-0.4, -0.2) is 121 Å². The SMILES string of the molecule is NC12CNCCNCC(NC(=S)NCCCCCNC(=O)OCC3[C@H]4CCC#CCC[C@@H]34)(CNCCNC1)CNCCNC2. The number of carbonyl (C=O) groups is 1. The molecular weight excluding hydrogens is 576 g/mol. The zero-order valence-corrected chi connectivity index (χ0v) is 27.4. The molecule has 13 heteroatoms. The van der Waals surface area contributed by atoms with E-state index >= 15 is 0 Å². The summed E-state index contributed by atoms with van der Waals surface area (Å²) >= 11 is 5.76. The van der Waals surface area contributed by atoms with Gasteiger partial charge in [0.1, 0.15) is 0 Å². The summed E-state index contributed by atoms with van der Waals surface area (Å²) in [5, 5.41) is 32.1. The third-order valence-electron chi connectivity index (χ3n) is 9.29. The predicted octanol–water partition coefficient (Wildman–Crippen LogP) is -1.21. The van der Waals surface area contributed by atoms with Crippen LogP contribution in [0.5, 0.6) is 0 Å². The van der Waals surface area contributed by atoms with Crippen LogP contribution in [0.3, 0.4) is 0 Å². The number of ether oxygens (including phenoxy) is 1. The fourth-order valence-electron chi connectivity index (χ4n) is 6.64. The topological polar surface area (TPSA) is 161 Å². The Hall–Kier alpha value is -1.76. The summed E-state index contributed by atoms with van der Waals surface area (Å²) < 4.78 is 5.52. The highest BCUT2D eigenvalue weighted by Crippen LogP contribution is 2.52. The fraction of sp³-hybridized carbons (Fsp3) is 0.871. The number of hydrogen-bond donors (Lipinski definition) is 10. The van der Waals surface area contributed by atoms with E-state index in [1.165, 1.54) is 0 Å². The van der Waals surface area contributed by atoms with Gasteiger partial charge >= 0.3 is 6.09 Å². The van der Waals surface area contributed by atoms with Gasteiger partial charge in [-0.05, 0) is 62.1 Å². The second-order valence-electron chi connectivity index (χ2n) is 13.1. The van der Waals surface area contributed by atoms with Gasteiger partial charge in [-0.3, -0.25) is 0 Å². The highest BCUT2D eigenvalue weighted by Gasteiger charge is 2.49. The maximum Gasteiger partial charge on any atom is 0.407 e. The maximum absolute atomic E-state index is 12.2. The molecule has 0 aromatic carbocycles. The first kappa shape index (κ1) is 35.1. The second-order valence-corrected chi connectivity index (χ2v) is 13.5. The van der Waals surface area contributed by atoms with E-state index in [1.54, 1.807) is 0 Å². The lowest BCUT2D eigenvalue weighted by Crippen LogP contribution is -2.68. The van der Waals surface area contributed by atoms with Crippen LogP contribution >= 0.6 is 12.2 Å². The molecule has 250 valence electrons. The molecule has 1 unspecified atom stereocenters. The number of carbonyl (C=O) groups excluding carboxylic acids is 1. The number of fused-ring (bicyclic) bond motifs is 16. The molecule has 5 aliphatic rings. The smallest absolute Gasteiger partial charge is 0.407 e. The average molecular weight is 635 g/mol. The van der Waals surface area contributed by atoms with Gasteiger partial charge in [-0.2, -0.15) is 0 Å². The molecule has 2 aliphatic carbocycles. The van der Waals surface area contributed by atoms with Crippen LogP contribution in [0.1, 0.15) is 44.9 Å². The molecule has 0 radical (unpaired) electrons. The number of nitrogens with one attached hydrogen (secondary N) is 9. The summed E-state index contributed by atoms with van der Waals surface area (Å²) in [5.41, 5.74) is 6.09. The first-order valence-corrected chi connectivity index (χ1v) is 17.4. The zero-order valence-electron chi connectivity index (χ0n) is 26.6. The molecule has 3 aliphatic heterocycles. The Morgan fingerprint density at radius 3 is 1.75 bits per heavy atom. The van der Waals surface area contributed by atoms with Crippen molar-refractivity contribution in [3.63, 3.8) is 0 Å². The molecule has 11 N–H and O–H groups in total. The molecule has 3 heterocycles. The molecule has 0 aromatic rings. The Bertz CT molecular complexity index is 883. The zero-order chi connectivity index (χ0) is 30.9. The van der Waals surface area contributed by atoms with Gasteiger partial charge in [-0.1, -0.05) is 0 Å². The van der Waals surface area contributed by atoms with Gasteiger partial charge < -0.3 is 58.3 Å². The Morgan fingerprint density at radius 1 is 0.750 bits per heavy atom. The van der Waals surface area contributed by atoms with Crippen LogP contribution in [0.4, 0.5) is 4.79 Å².